The quantitative estimate of drug-likeness (QED) is 0.216. The second kappa shape index (κ2) is 10.0. The Morgan fingerprint density at radius 1 is 1.14 bits per heavy atom. The van der Waals surface area contributed by atoms with Crippen molar-refractivity contribution in [3.05, 3.63) is 83.9 Å². The van der Waals surface area contributed by atoms with Crippen LogP contribution >= 0.6 is 0 Å². The number of aryl methyl sites for hydroxylation is 1. The number of fused-ring (bicyclic) bond motifs is 1. The molecule has 0 radical (unpaired) electrons. The molecule has 0 bridgehead atoms. The first-order chi connectivity index (χ1) is 16.8. The number of amidine groups is 1. The van der Waals surface area contributed by atoms with Crippen LogP contribution in [0.5, 0.6) is 0 Å². The van der Waals surface area contributed by atoms with Gasteiger partial charge < -0.3 is 25.6 Å². The number of hydrogen-bond donors (Lipinski definition) is 4. The number of aromatic nitrogens is 3. The number of benzene rings is 2. The molecular weight excluding hydrogens is 446 g/mol. The number of imidazole rings is 1. The average Bonchev–Trinajstić information content (AvgIpc) is 3.18. The Balaban J connectivity index is 1.56. The van der Waals surface area contributed by atoms with E-state index >= 15 is 0 Å². The minimum absolute atomic E-state index is 0.0160. The van der Waals surface area contributed by atoms with E-state index in [0.717, 1.165) is 17.0 Å². The van der Waals surface area contributed by atoms with Crippen LogP contribution in [0.1, 0.15) is 28.2 Å². The van der Waals surface area contributed by atoms with Crippen molar-refractivity contribution in [3.63, 3.8) is 0 Å². The molecule has 4 aromatic rings. The number of amides is 1. The van der Waals surface area contributed by atoms with Gasteiger partial charge in [0.1, 0.15) is 11.7 Å². The van der Waals surface area contributed by atoms with Gasteiger partial charge in [-0.3, -0.25) is 20.0 Å². The molecule has 0 unspecified atom stereocenters. The number of nitrogen functional groups attached to an aromatic ring is 1. The van der Waals surface area contributed by atoms with E-state index in [4.69, 9.17) is 21.2 Å². The first kappa shape index (κ1) is 23.4. The van der Waals surface area contributed by atoms with Gasteiger partial charge in [0.2, 0.25) is 0 Å². The van der Waals surface area contributed by atoms with Crippen molar-refractivity contribution in [1.29, 1.82) is 5.41 Å². The summed E-state index contributed by atoms with van der Waals surface area (Å²) < 4.78 is 1.95. The summed E-state index contributed by atoms with van der Waals surface area (Å²) in [7, 11) is 1.90. The molecule has 0 saturated heterocycles. The molecule has 10 nitrogen and oxygen atoms in total. The highest BCUT2D eigenvalue weighted by molar-refractivity contribution is 6.07. The maximum atomic E-state index is 13.3. The number of nitrogens with two attached hydrogens (primary N) is 1. The SMILES string of the molecule is Cn1c(CNc2ccc(C(=N)N)cc2)nc2cc(C(=O)N(CCC(=O)O)c3cccnc3)ccc21. The fourth-order valence-electron chi connectivity index (χ4n) is 3.71. The summed E-state index contributed by atoms with van der Waals surface area (Å²) in [5, 5.41) is 19.9. The number of nitrogens with one attached hydrogen (secondary N) is 2. The molecule has 0 aliphatic heterocycles. The number of pyridine rings is 1. The van der Waals surface area contributed by atoms with E-state index in [9.17, 15) is 9.59 Å². The molecule has 0 spiro atoms. The number of anilines is 2. The highest BCUT2D eigenvalue weighted by Gasteiger charge is 2.20. The minimum Gasteiger partial charge on any atom is -0.481 e. The van der Waals surface area contributed by atoms with Gasteiger partial charge in [-0.05, 0) is 54.6 Å². The minimum atomic E-state index is -0.986. The van der Waals surface area contributed by atoms with E-state index in [1.165, 1.54) is 11.1 Å². The molecule has 35 heavy (non-hydrogen) atoms. The molecule has 2 aromatic heterocycles. The molecule has 0 aliphatic rings. The predicted molar refractivity (Wildman–Crippen MR) is 134 cm³/mol. The van der Waals surface area contributed by atoms with Gasteiger partial charge in [-0.1, -0.05) is 0 Å². The maximum absolute atomic E-state index is 13.3. The number of carboxylic acids is 1. The lowest BCUT2D eigenvalue weighted by atomic mass is 10.1. The number of carbonyl (C=O) groups is 2. The molecule has 5 N–H and O–H groups in total. The Morgan fingerprint density at radius 3 is 2.54 bits per heavy atom. The average molecular weight is 472 g/mol. The lowest BCUT2D eigenvalue weighted by Gasteiger charge is -2.21. The summed E-state index contributed by atoms with van der Waals surface area (Å²) in [6.07, 6.45) is 2.94. The zero-order valence-corrected chi connectivity index (χ0v) is 19.1. The van der Waals surface area contributed by atoms with Crippen molar-refractivity contribution < 1.29 is 14.7 Å². The number of rotatable bonds is 9. The highest BCUT2D eigenvalue weighted by Crippen LogP contribution is 2.22. The Bertz CT molecular complexity index is 1380. The van der Waals surface area contributed by atoms with E-state index in [-0.39, 0.29) is 24.7 Å². The zero-order chi connectivity index (χ0) is 24.9. The van der Waals surface area contributed by atoms with Crippen molar-refractivity contribution in [1.82, 2.24) is 14.5 Å². The first-order valence-corrected chi connectivity index (χ1v) is 10.9. The van der Waals surface area contributed by atoms with Crippen molar-refractivity contribution in [3.8, 4) is 0 Å². The number of nitrogens with zero attached hydrogens (tertiary/aromatic N) is 4. The smallest absolute Gasteiger partial charge is 0.305 e. The van der Waals surface area contributed by atoms with Crippen LogP contribution in [-0.2, 0) is 18.4 Å². The normalized spacial score (nSPS) is 10.8. The van der Waals surface area contributed by atoms with Gasteiger partial charge in [-0.25, -0.2) is 4.98 Å². The molecule has 2 aromatic carbocycles. The van der Waals surface area contributed by atoms with Crippen molar-refractivity contribution in [2.45, 2.75) is 13.0 Å². The number of carbonyl (C=O) groups excluding carboxylic acids is 1. The zero-order valence-electron chi connectivity index (χ0n) is 19.1. The van der Waals surface area contributed by atoms with E-state index in [2.05, 4.69) is 10.3 Å². The summed E-state index contributed by atoms with van der Waals surface area (Å²) >= 11 is 0. The summed E-state index contributed by atoms with van der Waals surface area (Å²) in [6, 6.07) is 15.9. The van der Waals surface area contributed by atoms with Crippen LogP contribution in [-0.4, -0.2) is 43.9 Å². The Morgan fingerprint density at radius 2 is 1.89 bits per heavy atom. The van der Waals surface area contributed by atoms with Gasteiger partial charge in [0.05, 0.1) is 35.9 Å². The molecule has 10 heteroatoms. The van der Waals surface area contributed by atoms with Crippen LogP contribution in [0.4, 0.5) is 11.4 Å². The predicted octanol–water partition coefficient (Wildman–Crippen LogP) is 2.99. The van der Waals surface area contributed by atoms with Crippen LogP contribution in [0.2, 0.25) is 0 Å². The Kier molecular flexibility index (Phi) is 6.72. The molecule has 2 heterocycles. The summed E-state index contributed by atoms with van der Waals surface area (Å²) in [5.74, 6) is -0.519. The fraction of sp³-hybridized carbons (Fsp3) is 0.160. The summed E-state index contributed by atoms with van der Waals surface area (Å²) in [6.45, 7) is 0.478. The van der Waals surface area contributed by atoms with Crippen molar-refractivity contribution in [2.24, 2.45) is 12.8 Å². The fourth-order valence-corrected chi connectivity index (χ4v) is 3.71. The van der Waals surface area contributed by atoms with Gasteiger partial charge in [-0.2, -0.15) is 0 Å². The third-order valence-corrected chi connectivity index (χ3v) is 5.62. The monoisotopic (exact) mass is 471 g/mol. The van der Waals surface area contributed by atoms with Crippen LogP contribution in [0, 0.1) is 5.41 Å². The molecule has 0 fully saturated rings. The maximum Gasteiger partial charge on any atom is 0.305 e. The van der Waals surface area contributed by atoms with Crippen LogP contribution in [0.15, 0.2) is 67.0 Å². The number of aliphatic carboxylic acids is 1. The van der Waals surface area contributed by atoms with E-state index < -0.39 is 5.97 Å². The second-order valence-electron chi connectivity index (χ2n) is 7.95. The molecule has 0 saturated carbocycles. The Hall–Kier alpha value is -4.73. The first-order valence-electron chi connectivity index (χ1n) is 10.9. The summed E-state index contributed by atoms with van der Waals surface area (Å²) in [5.41, 5.74) is 9.47. The lowest BCUT2D eigenvalue weighted by Crippen LogP contribution is -2.33. The molecule has 0 aliphatic carbocycles. The van der Waals surface area contributed by atoms with Crippen LogP contribution in [0.25, 0.3) is 11.0 Å². The number of hydrogen-bond acceptors (Lipinski definition) is 6. The van der Waals surface area contributed by atoms with Crippen LogP contribution in [0.3, 0.4) is 0 Å². The van der Waals surface area contributed by atoms with Crippen LogP contribution < -0.4 is 16.0 Å². The standard InChI is InChI=1S/C25H25N7O3/c1-31-21-9-6-17(25(35)32(12-10-23(33)34)19-3-2-11-28-14-19)13-20(21)30-22(31)15-29-18-7-4-16(5-8-18)24(26)27/h2-9,11,13-14,29H,10,12,15H2,1H3,(H3,26,27)(H,33,34). The van der Waals surface area contributed by atoms with Crippen molar-refractivity contribution in [2.75, 3.05) is 16.8 Å². The van der Waals surface area contributed by atoms with E-state index in [0.29, 0.717) is 28.9 Å². The van der Waals surface area contributed by atoms with Gasteiger partial charge in [0, 0.05) is 36.6 Å². The van der Waals surface area contributed by atoms with Gasteiger partial charge in [0.25, 0.3) is 5.91 Å². The summed E-state index contributed by atoms with van der Waals surface area (Å²) in [4.78, 5) is 34.6. The van der Waals surface area contributed by atoms with E-state index in [1.54, 1.807) is 42.6 Å². The largest absolute Gasteiger partial charge is 0.481 e. The van der Waals surface area contributed by atoms with Gasteiger partial charge in [-0.15, -0.1) is 0 Å². The van der Waals surface area contributed by atoms with Gasteiger partial charge in [0.15, 0.2) is 0 Å². The third-order valence-electron chi connectivity index (χ3n) is 5.62. The molecule has 178 valence electrons. The molecule has 1 amide bonds. The molecular formula is C25H25N7O3. The molecule has 0 atom stereocenters. The third kappa shape index (κ3) is 5.27. The van der Waals surface area contributed by atoms with E-state index in [1.807, 2.05) is 29.8 Å². The topological polar surface area (TPSA) is 150 Å². The highest BCUT2D eigenvalue weighted by atomic mass is 16.4. The number of carboxylic acid groups (broad SMARTS) is 1. The molecule has 4 rings (SSSR count). The Labute approximate surface area is 201 Å². The lowest BCUT2D eigenvalue weighted by molar-refractivity contribution is -0.136. The van der Waals surface area contributed by atoms with Crippen molar-refractivity contribution >= 4 is 40.1 Å². The van der Waals surface area contributed by atoms with Gasteiger partial charge >= 0.3 is 5.97 Å². The second-order valence-corrected chi connectivity index (χ2v) is 7.95.